The molecule has 148 valence electrons. The van der Waals surface area contributed by atoms with Gasteiger partial charge in [-0.15, -0.1) is 0 Å². The van der Waals surface area contributed by atoms with Crippen molar-refractivity contribution in [2.45, 2.75) is 0 Å². The molecule has 0 unspecified atom stereocenters. The van der Waals surface area contributed by atoms with Gasteiger partial charge in [0.25, 0.3) is 0 Å². The van der Waals surface area contributed by atoms with Gasteiger partial charge in [0.15, 0.2) is 0 Å². The first-order valence-electron chi connectivity index (χ1n) is 8.21. The zero-order valence-corrected chi connectivity index (χ0v) is 17.1. The van der Waals surface area contributed by atoms with Crippen molar-refractivity contribution in [3.05, 3.63) is 84.5 Å². The van der Waals surface area contributed by atoms with Gasteiger partial charge in [-0.1, -0.05) is 35.1 Å². The molecule has 0 aromatic carbocycles. The van der Waals surface area contributed by atoms with Crippen LogP contribution in [0.4, 0.5) is 0 Å². The Morgan fingerprint density at radius 2 is 1.28 bits per heavy atom. The lowest BCUT2D eigenvalue weighted by molar-refractivity contribution is -0.114. The van der Waals surface area contributed by atoms with Gasteiger partial charge in [0.05, 0.1) is 11.1 Å². The Bertz CT molecular complexity index is 856. The van der Waals surface area contributed by atoms with Crippen molar-refractivity contribution in [3.8, 4) is 0 Å². The van der Waals surface area contributed by atoms with Gasteiger partial charge < -0.3 is 5.73 Å². The normalized spacial score (nSPS) is 16.3. The number of nitrogens with zero attached hydrogens (tertiary/aromatic N) is 5. The number of carbonyl (C=O) groups excluding carboxylic acids is 1. The monoisotopic (exact) mass is 424 g/mol. The highest BCUT2D eigenvalue weighted by molar-refractivity contribution is 8.82. The van der Waals surface area contributed by atoms with E-state index in [1.165, 1.54) is 64.9 Å². The molecule has 0 saturated carbocycles. The SMILES string of the molecule is NC(=O)C1=CN=CSSC=CC=CC=CC=NC=CN=CC=NC=CN=CC=C1. The largest absolute Gasteiger partial charge is 0.366 e. The van der Waals surface area contributed by atoms with E-state index in [9.17, 15) is 4.79 Å². The molecule has 0 atom stereocenters. The van der Waals surface area contributed by atoms with Crippen LogP contribution >= 0.6 is 21.6 Å². The molecule has 0 spiro atoms. The molecule has 2 N–H and O–H groups in total. The van der Waals surface area contributed by atoms with Gasteiger partial charge in [0.2, 0.25) is 5.91 Å². The molecule has 0 radical (unpaired) electrons. The van der Waals surface area contributed by atoms with E-state index in [2.05, 4.69) is 25.0 Å². The van der Waals surface area contributed by atoms with E-state index >= 15 is 0 Å². The minimum atomic E-state index is -0.575. The second-order valence-electron chi connectivity index (χ2n) is 4.64. The quantitative estimate of drug-likeness (QED) is 0.638. The highest BCUT2D eigenvalue weighted by Gasteiger charge is 1.97. The van der Waals surface area contributed by atoms with E-state index in [0.29, 0.717) is 0 Å². The number of hydrogen-bond donors (Lipinski definition) is 1. The predicted octanol–water partition coefficient (Wildman–Crippen LogP) is 4.19. The van der Waals surface area contributed by atoms with E-state index in [1.54, 1.807) is 36.3 Å². The summed E-state index contributed by atoms with van der Waals surface area (Å²) in [5, 5.41) is 1.91. The number of allylic oxidation sites excluding steroid dienone is 6. The molecule has 1 aliphatic heterocycles. The Balaban J connectivity index is 2.80. The molecule has 0 bridgehead atoms. The van der Waals surface area contributed by atoms with Crippen molar-refractivity contribution in [3.63, 3.8) is 0 Å². The van der Waals surface area contributed by atoms with Gasteiger partial charge in [0, 0.05) is 55.9 Å². The molecule has 1 amide bonds. The maximum absolute atomic E-state index is 11.4. The molecule has 0 aromatic heterocycles. The van der Waals surface area contributed by atoms with E-state index in [4.69, 9.17) is 5.73 Å². The van der Waals surface area contributed by atoms with Crippen molar-refractivity contribution in [1.29, 1.82) is 0 Å². The first-order valence-corrected chi connectivity index (χ1v) is 10.5. The molecule has 1 aliphatic rings. The van der Waals surface area contributed by atoms with Gasteiger partial charge in [-0.25, -0.2) is 0 Å². The Morgan fingerprint density at radius 3 is 1.97 bits per heavy atom. The van der Waals surface area contributed by atoms with E-state index < -0.39 is 5.91 Å². The van der Waals surface area contributed by atoms with Crippen LogP contribution in [0.1, 0.15) is 0 Å². The zero-order chi connectivity index (χ0) is 20.8. The second-order valence-corrected chi connectivity index (χ2v) is 6.66. The highest BCUT2D eigenvalue weighted by Crippen LogP contribution is 2.19. The summed E-state index contributed by atoms with van der Waals surface area (Å²) in [7, 11) is 2.89. The van der Waals surface area contributed by atoms with Gasteiger partial charge in [-0.3, -0.25) is 29.8 Å². The minimum Gasteiger partial charge on any atom is -0.366 e. The summed E-state index contributed by atoms with van der Waals surface area (Å²) >= 11 is 0. The predicted molar refractivity (Wildman–Crippen MR) is 130 cm³/mol. The van der Waals surface area contributed by atoms with Crippen LogP contribution in [0.2, 0.25) is 0 Å². The van der Waals surface area contributed by atoms with Crippen LogP contribution in [0, 0.1) is 0 Å². The van der Waals surface area contributed by atoms with Crippen molar-refractivity contribution in [2.75, 3.05) is 0 Å². The van der Waals surface area contributed by atoms with Crippen molar-refractivity contribution < 1.29 is 4.79 Å². The van der Waals surface area contributed by atoms with Crippen LogP contribution in [-0.2, 0) is 4.79 Å². The number of primary amides is 1. The van der Waals surface area contributed by atoms with Crippen LogP contribution in [0.5, 0.6) is 0 Å². The number of aliphatic imine (C=N–C) groups is 5. The van der Waals surface area contributed by atoms with Gasteiger partial charge >= 0.3 is 0 Å². The molecular weight excluding hydrogens is 404 g/mol. The topological polar surface area (TPSA) is 105 Å². The Hall–Kier alpha value is -3.30. The van der Waals surface area contributed by atoms with E-state index in [1.807, 2.05) is 29.7 Å². The van der Waals surface area contributed by atoms with Gasteiger partial charge in [0.1, 0.15) is 0 Å². The zero-order valence-electron chi connectivity index (χ0n) is 15.4. The number of carbonyl (C=O) groups is 1. The fraction of sp³-hybridized carbons (Fsp3) is 0. The van der Waals surface area contributed by atoms with Crippen LogP contribution in [0.3, 0.4) is 0 Å². The summed E-state index contributed by atoms with van der Waals surface area (Å²) in [6, 6.07) is 0. The molecular formula is C20H20N6OS2. The third-order valence-corrected chi connectivity index (χ3v) is 4.08. The molecule has 29 heavy (non-hydrogen) atoms. The molecule has 1 rings (SSSR count). The average molecular weight is 425 g/mol. The van der Waals surface area contributed by atoms with E-state index in [-0.39, 0.29) is 5.57 Å². The molecule has 9 heteroatoms. The molecule has 0 aromatic rings. The first kappa shape index (κ1) is 23.7. The fourth-order valence-electron chi connectivity index (χ4n) is 1.38. The standard InChI is InChI=1S/C20H20N6OS2/c21-20(27)19-7-6-9-23-11-13-25-15-14-24-12-10-22-8-4-2-1-3-5-16-28-29-18-26-17-19/h1-18H,(H2,21,27). The summed E-state index contributed by atoms with van der Waals surface area (Å²) in [6.45, 7) is 0. The number of rotatable bonds is 1. The van der Waals surface area contributed by atoms with Gasteiger partial charge in [-0.05, 0) is 34.4 Å². The number of hydrogen-bond acceptors (Lipinski definition) is 8. The first-order chi connectivity index (χ1) is 14.3. The highest BCUT2D eigenvalue weighted by atomic mass is 33.1. The summed E-state index contributed by atoms with van der Waals surface area (Å²) in [6.07, 6.45) is 26.2. The smallest absolute Gasteiger partial charge is 0.250 e. The maximum Gasteiger partial charge on any atom is 0.250 e. The molecule has 0 saturated heterocycles. The van der Waals surface area contributed by atoms with Gasteiger partial charge in [-0.2, -0.15) is 0 Å². The fourth-order valence-corrected chi connectivity index (χ4v) is 2.44. The van der Waals surface area contributed by atoms with Crippen LogP contribution in [0.25, 0.3) is 0 Å². The Kier molecular flexibility index (Phi) is 14.8. The summed E-state index contributed by atoms with van der Waals surface area (Å²) in [5.41, 5.74) is 7.20. The molecule has 0 fully saturated rings. The second kappa shape index (κ2) is 18.1. The number of amides is 1. The Morgan fingerprint density at radius 1 is 0.690 bits per heavy atom. The van der Waals surface area contributed by atoms with Crippen molar-refractivity contribution >= 4 is 57.9 Å². The van der Waals surface area contributed by atoms with E-state index in [0.717, 1.165) is 0 Å². The lowest BCUT2D eigenvalue weighted by atomic mass is 10.2. The maximum atomic E-state index is 11.4. The minimum absolute atomic E-state index is 0.264. The van der Waals surface area contributed by atoms with Crippen LogP contribution in [-0.4, -0.2) is 36.3 Å². The van der Waals surface area contributed by atoms with Crippen LogP contribution in [0.15, 0.2) is 109 Å². The third kappa shape index (κ3) is 15.5. The third-order valence-electron chi connectivity index (χ3n) is 2.57. The molecule has 1 heterocycles. The van der Waals surface area contributed by atoms with Crippen molar-refractivity contribution in [1.82, 2.24) is 0 Å². The average Bonchev–Trinajstić information content (AvgIpc) is 2.71. The lowest BCUT2D eigenvalue weighted by Gasteiger charge is -1.91. The Labute approximate surface area is 177 Å². The number of nitrogens with two attached hydrogens (primary N) is 1. The molecule has 7 nitrogen and oxygen atoms in total. The lowest BCUT2D eigenvalue weighted by Crippen LogP contribution is -2.12. The van der Waals surface area contributed by atoms with Crippen LogP contribution < -0.4 is 5.73 Å². The summed E-state index contributed by atoms with van der Waals surface area (Å²) < 4.78 is 0. The summed E-state index contributed by atoms with van der Waals surface area (Å²) in [4.78, 5) is 31.4. The summed E-state index contributed by atoms with van der Waals surface area (Å²) in [5.74, 6) is -0.575. The van der Waals surface area contributed by atoms with Crippen molar-refractivity contribution in [2.24, 2.45) is 30.7 Å². The molecule has 0 aliphatic carbocycles.